The van der Waals surface area contributed by atoms with Crippen LogP contribution in [-0.4, -0.2) is 29.0 Å². The molecule has 0 aliphatic heterocycles. The van der Waals surface area contributed by atoms with Crippen molar-refractivity contribution < 1.29 is 0 Å². The summed E-state index contributed by atoms with van der Waals surface area (Å²) in [6.45, 7) is 2.02. The van der Waals surface area contributed by atoms with Crippen LogP contribution < -0.4 is 10.5 Å². The summed E-state index contributed by atoms with van der Waals surface area (Å²) in [6.07, 6.45) is 4.64. The van der Waals surface area contributed by atoms with Gasteiger partial charge in [0, 0.05) is 48.6 Å². The van der Waals surface area contributed by atoms with E-state index >= 15 is 0 Å². The zero-order valence-corrected chi connectivity index (χ0v) is 14.0. The molecule has 0 atom stereocenters. The van der Waals surface area contributed by atoms with Gasteiger partial charge in [0.05, 0.1) is 5.69 Å². The fourth-order valence-electron chi connectivity index (χ4n) is 2.81. The predicted molar refractivity (Wildman–Crippen MR) is 89.7 cm³/mol. The molecule has 1 aliphatic carbocycles. The second-order valence-corrected chi connectivity index (χ2v) is 6.69. The minimum atomic E-state index is 0.0285. The number of thioether (sulfide) groups is 1. The Balaban J connectivity index is 1.85. The molecule has 0 bridgehead atoms. The number of aromatic amines is 1. The third kappa shape index (κ3) is 2.88. The zero-order chi connectivity index (χ0) is 15.7. The number of aryl methyl sites for hydroxylation is 2. The van der Waals surface area contributed by atoms with E-state index in [1.807, 2.05) is 33.3 Å². The molecule has 0 saturated heterocycles. The Morgan fingerprint density at radius 1 is 1.36 bits per heavy atom. The lowest BCUT2D eigenvalue weighted by Gasteiger charge is -2.18. The Kier molecular flexibility index (Phi) is 4.20. The number of pyridine rings is 1. The molecule has 1 N–H and O–H groups in total. The largest absolute Gasteiger partial charge is 0.377 e. The van der Waals surface area contributed by atoms with Crippen LogP contribution in [0.15, 0.2) is 22.2 Å². The van der Waals surface area contributed by atoms with Crippen molar-refractivity contribution in [1.82, 2.24) is 15.0 Å². The molecule has 116 valence electrons. The molecule has 0 unspecified atom stereocenters. The zero-order valence-electron chi connectivity index (χ0n) is 13.1. The first kappa shape index (κ1) is 15.1. The third-order valence-electron chi connectivity index (χ3n) is 4.00. The van der Waals surface area contributed by atoms with Crippen molar-refractivity contribution >= 4 is 17.4 Å². The van der Waals surface area contributed by atoms with Crippen molar-refractivity contribution in [3.8, 4) is 0 Å². The van der Waals surface area contributed by atoms with Crippen molar-refractivity contribution in [2.75, 3.05) is 19.0 Å². The van der Waals surface area contributed by atoms with Crippen molar-refractivity contribution in [2.45, 2.75) is 37.1 Å². The van der Waals surface area contributed by atoms with Gasteiger partial charge in [0.1, 0.15) is 0 Å². The molecule has 2 aromatic heterocycles. The number of rotatable bonds is 4. The molecular weight excluding hydrogens is 296 g/mol. The Labute approximate surface area is 134 Å². The van der Waals surface area contributed by atoms with Gasteiger partial charge >= 0.3 is 0 Å². The van der Waals surface area contributed by atoms with Gasteiger partial charge in [-0.1, -0.05) is 11.8 Å². The van der Waals surface area contributed by atoms with E-state index < -0.39 is 0 Å². The first-order chi connectivity index (χ1) is 10.6. The van der Waals surface area contributed by atoms with Crippen LogP contribution in [0.25, 0.3) is 0 Å². The van der Waals surface area contributed by atoms with Gasteiger partial charge in [-0.25, -0.2) is 4.98 Å². The van der Waals surface area contributed by atoms with E-state index in [0.717, 1.165) is 47.7 Å². The molecule has 0 spiro atoms. The average molecular weight is 316 g/mol. The summed E-state index contributed by atoms with van der Waals surface area (Å²) in [5.74, 6) is 0.745. The lowest BCUT2D eigenvalue weighted by molar-refractivity contribution is 0.869. The van der Waals surface area contributed by atoms with Crippen molar-refractivity contribution in [2.24, 2.45) is 0 Å². The molecule has 0 saturated carbocycles. The van der Waals surface area contributed by atoms with Gasteiger partial charge < -0.3 is 9.88 Å². The van der Waals surface area contributed by atoms with E-state index in [9.17, 15) is 4.79 Å². The van der Waals surface area contributed by atoms with Crippen molar-refractivity contribution in [3.63, 3.8) is 0 Å². The standard InChI is InChI=1S/C16H20N4OS/c1-10-12(14(20(2)3)7-8-17-10)9-22-16-18-13-6-4-5-11(13)15(21)19-16/h7-8H,4-6,9H2,1-3H3,(H,18,19,21). The van der Waals surface area contributed by atoms with Gasteiger partial charge in [-0.2, -0.15) is 0 Å². The summed E-state index contributed by atoms with van der Waals surface area (Å²) in [7, 11) is 4.05. The van der Waals surface area contributed by atoms with Crippen molar-refractivity contribution in [3.05, 3.63) is 45.1 Å². The summed E-state index contributed by atoms with van der Waals surface area (Å²) in [5.41, 5.74) is 5.23. The average Bonchev–Trinajstić information content (AvgIpc) is 2.94. The number of nitrogens with one attached hydrogen (secondary N) is 1. The van der Waals surface area contributed by atoms with Gasteiger partial charge in [0.25, 0.3) is 5.56 Å². The summed E-state index contributed by atoms with van der Waals surface area (Å²) in [5, 5.41) is 0.707. The van der Waals surface area contributed by atoms with E-state index in [1.165, 1.54) is 5.56 Å². The molecule has 3 rings (SSSR count). The topological polar surface area (TPSA) is 61.9 Å². The summed E-state index contributed by atoms with van der Waals surface area (Å²) in [6, 6.07) is 2.02. The minimum Gasteiger partial charge on any atom is -0.377 e. The molecule has 5 nitrogen and oxygen atoms in total. The summed E-state index contributed by atoms with van der Waals surface area (Å²) in [4.78, 5) is 26.0. The van der Waals surface area contributed by atoms with Crippen LogP contribution in [-0.2, 0) is 18.6 Å². The van der Waals surface area contributed by atoms with E-state index in [1.54, 1.807) is 11.8 Å². The maximum absolute atomic E-state index is 12.1. The monoisotopic (exact) mass is 316 g/mol. The Morgan fingerprint density at radius 2 is 2.18 bits per heavy atom. The van der Waals surface area contributed by atoms with E-state index in [2.05, 4.69) is 19.9 Å². The molecule has 0 amide bonds. The van der Waals surface area contributed by atoms with Crippen LogP contribution in [0.5, 0.6) is 0 Å². The van der Waals surface area contributed by atoms with Crippen LogP contribution in [0, 0.1) is 6.92 Å². The van der Waals surface area contributed by atoms with Gasteiger partial charge in [-0.05, 0) is 32.3 Å². The number of hydrogen-bond donors (Lipinski definition) is 1. The number of hydrogen-bond acceptors (Lipinski definition) is 5. The Bertz CT molecular complexity index is 754. The van der Waals surface area contributed by atoms with Gasteiger partial charge in [0.15, 0.2) is 5.16 Å². The Morgan fingerprint density at radius 3 is 2.95 bits per heavy atom. The number of nitrogens with zero attached hydrogens (tertiary/aromatic N) is 3. The fraction of sp³-hybridized carbons (Fsp3) is 0.438. The second kappa shape index (κ2) is 6.12. The van der Waals surface area contributed by atoms with E-state index in [-0.39, 0.29) is 5.56 Å². The number of anilines is 1. The van der Waals surface area contributed by atoms with E-state index in [4.69, 9.17) is 0 Å². The van der Waals surface area contributed by atoms with Crippen LogP contribution >= 0.6 is 11.8 Å². The van der Waals surface area contributed by atoms with Crippen molar-refractivity contribution in [1.29, 1.82) is 0 Å². The van der Waals surface area contributed by atoms with Crippen LogP contribution in [0.4, 0.5) is 5.69 Å². The molecule has 1 aliphatic rings. The van der Waals surface area contributed by atoms with Crippen LogP contribution in [0.1, 0.15) is 28.9 Å². The Hall–Kier alpha value is -1.82. The van der Waals surface area contributed by atoms with Gasteiger partial charge in [-0.15, -0.1) is 0 Å². The second-order valence-electron chi connectivity index (χ2n) is 5.73. The maximum Gasteiger partial charge on any atom is 0.254 e. The van der Waals surface area contributed by atoms with Gasteiger partial charge in [0.2, 0.25) is 0 Å². The highest BCUT2D eigenvalue weighted by Crippen LogP contribution is 2.28. The quantitative estimate of drug-likeness (QED) is 0.693. The first-order valence-corrected chi connectivity index (χ1v) is 8.41. The predicted octanol–water partition coefficient (Wildman–Crippen LogP) is 2.32. The number of fused-ring (bicyclic) bond motifs is 1. The highest BCUT2D eigenvalue weighted by molar-refractivity contribution is 7.98. The SMILES string of the molecule is Cc1nccc(N(C)C)c1CSc1nc2c(c(=O)[nH]1)CCC2. The first-order valence-electron chi connectivity index (χ1n) is 7.43. The lowest BCUT2D eigenvalue weighted by Crippen LogP contribution is -2.15. The number of aromatic nitrogens is 3. The molecule has 2 aromatic rings. The number of H-pyrrole nitrogens is 1. The molecular formula is C16H20N4OS. The molecule has 0 radical (unpaired) electrons. The smallest absolute Gasteiger partial charge is 0.254 e. The normalized spacial score (nSPS) is 13.2. The molecule has 0 aromatic carbocycles. The summed E-state index contributed by atoms with van der Waals surface area (Å²) >= 11 is 1.57. The highest BCUT2D eigenvalue weighted by Gasteiger charge is 2.17. The minimum absolute atomic E-state index is 0.0285. The molecule has 0 fully saturated rings. The lowest BCUT2D eigenvalue weighted by atomic mass is 10.2. The maximum atomic E-state index is 12.1. The molecule has 22 heavy (non-hydrogen) atoms. The van der Waals surface area contributed by atoms with Crippen LogP contribution in [0.2, 0.25) is 0 Å². The third-order valence-corrected chi connectivity index (χ3v) is 4.90. The summed E-state index contributed by atoms with van der Waals surface area (Å²) < 4.78 is 0. The van der Waals surface area contributed by atoms with Crippen LogP contribution in [0.3, 0.4) is 0 Å². The van der Waals surface area contributed by atoms with Gasteiger partial charge in [-0.3, -0.25) is 9.78 Å². The highest BCUT2D eigenvalue weighted by atomic mass is 32.2. The molecule has 6 heteroatoms. The molecule has 2 heterocycles. The van der Waals surface area contributed by atoms with E-state index in [0.29, 0.717) is 5.16 Å². The fourth-order valence-corrected chi connectivity index (χ4v) is 3.79.